The molecule has 1 heterocycles. The number of anilines is 1. The van der Waals surface area contributed by atoms with Crippen molar-refractivity contribution in [1.82, 2.24) is 15.1 Å². The van der Waals surface area contributed by atoms with E-state index in [1.165, 1.54) is 0 Å². The molecule has 0 radical (unpaired) electrons. The molecule has 0 saturated carbocycles. The minimum absolute atomic E-state index is 0.00246. The van der Waals surface area contributed by atoms with Gasteiger partial charge in [0.25, 0.3) is 0 Å². The SMILES string of the molecule is CCc1ccccc1NC(=O)CN1CCN(CC(=O)NCc2cccc(Cl)c2)CC1. The first kappa shape index (κ1) is 22.3. The molecule has 0 unspecified atom stereocenters. The number of carbonyl (C=O) groups is 2. The Morgan fingerprint density at radius 2 is 1.60 bits per heavy atom. The van der Waals surface area contributed by atoms with Gasteiger partial charge in [0.1, 0.15) is 0 Å². The number of hydrogen-bond acceptors (Lipinski definition) is 4. The quantitative estimate of drug-likeness (QED) is 0.678. The Hall–Kier alpha value is -2.41. The molecule has 0 aliphatic carbocycles. The summed E-state index contributed by atoms with van der Waals surface area (Å²) in [7, 11) is 0. The Bertz CT molecular complexity index is 866. The van der Waals surface area contributed by atoms with E-state index in [9.17, 15) is 9.59 Å². The number of carbonyl (C=O) groups excluding carboxylic acids is 2. The Morgan fingerprint density at radius 1 is 0.933 bits per heavy atom. The number of halogens is 1. The molecule has 160 valence electrons. The van der Waals surface area contributed by atoms with Crippen molar-refractivity contribution >= 4 is 29.1 Å². The van der Waals surface area contributed by atoms with Gasteiger partial charge in [0.15, 0.2) is 0 Å². The fourth-order valence-electron chi connectivity index (χ4n) is 3.56. The maximum absolute atomic E-state index is 12.4. The zero-order valence-electron chi connectivity index (χ0n) is 17.4. The summed E-state index contributed by atoms with van der Waals surface area (Å²) in [6.45, 7) is 6.35. The Labute approximate surface area is 183 Å². The average Bonchev–Trinajstić information content (AvgIpc) is 2.74. The third-order valence-electron chi connectivity index (χ3n) is 5.25. The van der Waals surface area contributed by atoms with Gasteiger partial charge in [-0.1, -0.05) is 48.9 Å². The standard InChI is InChI=1S/C23H29ClN4O2/c1-2-19-7-3-4-9-21(19)26-23(30)17-28-12-10-27(11-13-28)16-22(29)25-15-18-6-5-8-20(24)14-18/h3-9,14H,2,10-13,15-17H2,1H3,(H,25,29)(H,26,30). The van der Waals surface area contributed by atoms with Gasteiger partial charge in [-0.3, -0.25) is 19.4 Å². The van der Waals surface area contributed by atoms with E-state index in [0.717, 1.165) is 49.4 Å². The lowest BCUT2D eigenvalue weighted by molar-refractivity contribution is -0.123. The number of rotatable bonds is 8. The Balaban J connectivity index is 1.37. The molecule has 2 aromatic carbocycles. The van der Waals surface area contributed by atoms with Crippen LogP contribution in [0.3, 0.4) is 0 Å². The first-order chi connectivity index (χ1) is 14.5. The van der Waals surface area contributed by atoms with Gasteiger partial charge in [0.05, 0.1) is 13.1 Å². The second-order valence-electron chi connectivity index (χ2n) is 7.52. The van der Waals surface area contributed by atoms with Gasteiger partial charge in [-0.15, -0.1) is 0 Å². The maximum atomic E-state index is 12.4. The molecule has 0 atom stereocenters. The van der Waals surface area contributed by atoms with Crippen molar-refractivity contribution < 1.29 is 9.59 Å². The molecule has 2 amide bonds. The van der Waals surface area contributed by atoms with Crippen molar-refractivity contribution in [3.05, 3.63) is 64.7 Å². The van der Waals surface area contributed by atoms with E-state index in [1.54, 1.807) is 0 Å². The minimum atomic E-state index is -0.00246. The third-order valence-corrected chi connectivity index (χ3v) is 5.49. The molecular formula is C23H29ClN4O2. The molecule has 1 fully saturated rings. The van der Waals surface area contributed by atoms with Crippen LogP contribution in [0.2, 0.25) is 5.02 Å². The number of piperazine rings is 1. The molecule has 0 aromatic heterocycles. The van der Waals surface area contributed by atoms with Gasteiger partial charge >= 0.3 is 0 Å². The fourth-order valence-corrected chi connectivity index (χ4v) is 3.77. The smallest absolute Gasteiger partial charge is 0.238 e. The zero-order chi connectivity index (χ0) is 21.3. The molecule has 2 N–H and O–H groups in total. The van der Waals surface area contributed by atoms with Gasteiger partial charge < -0.3 is 10.6 Å². The van der Waals surface area contributed by atoms with Crippen LogP contribution in [0.5, 0.6) is 0 Å². The maximum Gasteiger partial charge on any atom is 0.238 e. The predicted octanol–water partition coefficient (Wildman–Crippen LogP) is 2.77. The lowest BCUT2D eigenvalue weighted by atomic mass is 10.1. The van der Waals surface area contributed by atoms with E-state index >= 15 is 0 Å². The summed E-state index contributed by atoms with van der Waals surface area (Å²) in [5, 5.41) is 6.63. The predicted molar refractivity (Wildman–Crippen MR) is 121 cm³/mol. The average molecular weight is 429 g/mol. The minimum Gasteiger partial charge on any atom is -0.351 e. The molecule has 6 nitrogen and oxygen atoms in total. The van der Waals surface area contributed by atoms with Crippen LogP contribution in [0.4, 0.5) is 5.69 Å². The first-order valence-corrected chi connectivity index (χ1v) is 10.7. The highest BCUT2D eigenvalue weighted by molar-refractivity contribution is 6.30. The van der Waals surface area contributed by atoms with Crippen LogP contribution in [0.15, 0.2) is 48.5 Å². The van der Waals surface area contributed by atoms with Gasteiger partial charge in [-0.2, -0.15) is 0 Å². The van der Waals surface area contributed by atoms with Crippen molar-refractivity contribution in [3.8, 4) is 0 Å². The van der Waals surface area contributed by atoms with E-state index in [1.807, 2.05) is 48.5 Å². The topological polar surface area (TPSA) is 64.7 Å². The van der Waals surface area contributed by atoms with Crippen LogP contribution in [-0.4, -0.2) is 60.9 Å². The molecule has 2 aromatic rings. The van der Waals surface area contributed by atoms with Crippen LogP contribution in [0.25, 0.3) is 0 Å². The summed E-state index contributed by atoms with van der Waals surface area (Å²) in [4.78, 5) is 28.9. The summed E-state index contributed by atoms with van der Waals surface area (Å²) < 4.78 is 0. The number of nitrogens with zero attached hydrogens (tertiary/aromatic N) is 2. The number of para-hydroxylation sites is 1. The Kier molecular flexibility index (Phi) is 8.25. The molecule has 1 aliphatic heterocycles. The summed E-state index contributed by atoms with van der Waals surface area (Å²) in [5.74, 6) is 0.000885. The third kappa shape index (κ3) is 6.83. The van der Waals surface area contributed by atoms with Crippen molar-refractivity contribution in [1.29, 1.82) is 0 Å². The van der Waals surface area contributed by atoms with Crippen LogP contribution in [0.1, 0.15) is 18.1 Å². The molecule has 30 heavy (non-hydrogen) atoms. The molecule has 1 aliphatic rings. The van der Waals surface area contributed by atoms with Crippen molar-refractivity contribution in [2.45, 2.75) is 19.9 Å². The molecule has 7 heteroatoms. The van der Waals surface area contributed by atoms with E-state index in [4.69, 9.17) is 11.6 Å². The second kappa shape index (κ2) is 11.1. The van der Waals surface area contributed by atoms with Crippen LogP contribution >= 0.6 is 11.6 Å². The van der Waals surface area contributed by atoms with Crippen molar-refractivity contribution in [2.75, 3.05) is 44.6 Å². The highest BCUT2D eigenvalue weighted by Gasteiger charge is 2.20. The largest absolute Gasteiger partial charge is 0.351 e. The van der Waals surface area contributed by atoms with Crippen molar-refractivity contribution in [3.63, 3.8) is 0 Å². The highest BCUT2D eigenvalue weighted by Crippen LogP contribution is 2.15. The lowest BCUT2D eigenvalue weighted by Crippen LogP contribution is -2.50. The molecule has 3 rings (SSSR count). The van der Waals surface area contributed by atoms with E-state index in [-0.39, 0.29) is 11.8 Å². The van der Waals surface area contributed by atoms with Crippen LogP contribution < -0.4 is 10.6 Å². The zero-order valence-corrected chi connectivity index (χ0v) is 18.1. The number of nitrogens with one attached hydrogen (secondary N) is 2. The van der Waals surface area contributed by atoms with Gasteiger partial charge in [0.2, 0.25) is 11.8 Å². The number of hydrogen-bond donors (Lipinski definition) is 2. The summed E-state index contributed by atoms with van der Waals surface area (Å²) in [6.07, 6.45) is 0.883. The van der Waals surface area contributed by atoms with Crippen LogP contribution in [0, 0.1) is 0 Å². The van der Waals surface area contributed by atoms with E-state index < -0.39 is 0 Å². The number of benzene rings is 2. The molecule has 1 saturated heterocycles. The van der Waals surface area contributed by atoms with Crippen LogP contribution in [-0.2, 0) is 22.6 Å². The fraction of sp³-hybridized carbons (Fsp3) is 0.391. The molecule has 0 bridgehead atoms. The normalized spacial score (nSPS) is 15.0. The molecular weight excluding hydrogens is 400 g/mol. The molecule has 0 spiro atoms. The monoisotopic (exact) mass is 428 g/mol. The number of aryl methyl sites for hydroxylation is 1. The summed E-state index contributed by atoms with van der Waals surface area (Å²) >= 11 is 5.97. The summed E-state index contributed by atoms with van der Waals surface area (Å²) in [5.41, 5.74) is 3.01. The summed E-state index contributed by atoms with van der Waals surface area (Å²) in [6, 6.07) is 15.4. The van der Waals surface area contributed by atoms with Crippen molar-refractivity contribution in [2.24, 2.45) is 0 Å². The second-order valence-corrected chi connectivity index (χ2v) is 7.95. The van der Waals surface area contributed by atoms with Gasteiger partial charge in [-0.25, -0.2) is 0 Å². The lowest BCUT2D eigenvalue weighted by Gasteiger charge is -2.33. The van der Waals surface area contributed by atoms with E-state index in [2.05, 4.69) is 27.4 Å². The Morgan fingerprint density at radius 3 is 2.27 bits per heavy atom. The first-order valence-electron chi connectivity index (χ1n) is 10.4. The highest BCUT2D eigenvalue weighted by atomic mass is 35.5. The van der Waals surface area contributed by atoms with E-state index in [0.29, 0.717) is 24.7 Å². The van der Waals surface area contributed by atoms with Gasteiger partial charge in [0, 0.05) is 43.4 Å². The number of amides is 2. The van der Waals surface area contributed by atoms with Gasteiger partial charge in [-0.05, 0) is 35.7 Å².